The van der Waals surface area contributed by atoms with Crippen LogP contribution in [0.1, 0.15) is 15.9 Å². The van der Waals surface area contributed by atoms with E-state index in [-0.39, 0.29) is 17.0 Å². The average Bonchev–Trinajstić information content (AvgIpc) is 2.16. The molecule has 0 fully saturated rings. The molecule has 1 rings (SSSR count). The number of aromatic nitrogens is 1. The van der Waals surface area contributed by atoms with Gasteiger partial charge in [0.25, 0.3) is 0 Å². The van der Waals surface area contributed by atoms with Crippen molar-refractivity contribution in [3.63, 3.8) is 0 Å². The van der Waals surface area contributed by atoms with Gasteiger partial charge < -0.3 is 9.84 Å². The number of halogens is 1. The van der Waals surface area contributed by atoms with E-state index in [9.17, 15) is 9.18 Å². The minimum absolute atomic E-state index is 0.0477. The Morgan fingerprint density at radius 3 is 2.92 bits per heavy atom. The number of rotatable bonds is 3. The molecule has 0 spiro atoms. The van der Waals surface area contributed by atoms with Crippen LogP contribution in [0.2, 0.25) is 0 Å². The molecule has 0 bridgehead atoms. The zero-order valence-corrected chi connectivity index (χ0v) is 6.95. The van der Waals surface area contributed by atoms with Gasteiger partial charge in [0.2, 0.25) is 5.88 Å². The number of pyridine rings is 1. The summed E-state index contributed by atoms with van der Waals surface area (Å²) in [7, 11) is 1.35. The lowest BCUT2D eigenvalue weighted by Gasteiger charge is -2.03. The molecule has 1 N–H and O–H groups in total. The molecule has 1 aromatic rings. The Balaban J connectivity index is 3.13. The molecule has 1 aromatic heterocycles. The van der Waals surface area contributed by atoms with E-state index >= 15 is 0 Å². The molecule has 4 nitrogen and oxygen atoms in total. The Kier molecular flexibility index (Phi) is 2.79. The fourth-order valence-corrected chi connectivity index (χ4v) is 0.894. The van der Waals surface area contributed by atoms with Crippen molar-refractivity contribution >= 4 is 5.97 Å². The molecule has 0 saturated carbocycles. The van der Waals surface area contributed by atoms with Crippen LogP contribution < -0.4 is 4.74 Å². The third-order valence-electron chi connectivity index (χ3n) is 1.51. The first kappa shape index (κ1) is 9.44. The van der Waals surface area contributed by atoms with Crippen molar-refractivity contribution in [3.05, 3.63) is 23.4 Å². The molecule has 5 heteroatoms. The van der Waals surface area contributed by atoms with Crippen molar-refractivity contribution in [1.82, 2.24) is 4.98 Å². The van der Waals surface area contributed by atoms with Crippen molar-refractivity contribution in [2.24, 2.45) is 0 Å². The van der Waals surface area contributed by atoms with Crippen LogP contribution in [-0.4, -0.2) is 23.2 Å². The van der Waals surface area contributed by atoms with E-state index in [0.717, 1.165) is 6.20 Å². The van der Waals surface area contributed by atoms with Crippen LogP contribution in [0.25, 0.3) is 0 Å². The number of carbonyl (C=O) groups is 1. The van der Waals surface area contributed by atoms with E-state index in [2.05, 4.69) is 4.98 Å². The maximum Gasteiger partial charge on any atom is 0.337 e. The van der Waals surface area contributed by atoms with Crippen molar-refractivity contribution in [1.29, 1.82) is 0 Å². The van der Waals surface area contributed by atoms with Crippen molar-refractivity contribution in [2.75, 3.05) is 7.11 Å². The number of methoxy groups -OCH3 is 1. The van der Waals surface area contributed by atoms with Gasteiger partial charge in [-0.2, -0.15) is 0 Å². The minimum atomic E-state index is -1.13. The maximum atomic E-state index is 12.3. The van der Waals surface area contributed by atoms with Gasteiger partial charge in [0.05, 0.1) is 12.7 Å². The van der Waals surface area contributed by atoms with Crippen molar-refractivity contribution < 1.29 is 19.0 Å². The van der Waals surface area contributed by atoms with Gasteiger partial charge in [-0.15, -0.1) is 0 Å². The van der Waals surface area contributed by atoms with Crippen molar-refractivity contribution in [2.45, 2.75) is 6.67 Å². The Hall–Kier alpha value is -1.65. The molecular formula is C8H8FNO3. The van der Waals surface area contributed by atoms with Gasteiger partial charge in [-0.3, -0.25) is 0 Å². The molecule has 0 atom stereocenters. The normalized spacial score (nSPS) is 9.69. The summed E-state index contributed by atoms with van der Waals surface area (Å²) in [4.78, 5) is 14.1. The number of carboxylic acids is 1. The maximum absolute atomic E-state index is 12.3. The van der Waals surface area contributed by atoms with Crippen molar-refractivity contribution in [3.8, 4) is 5.88 Å². The van der Waals surface area contributed by atoms with Crippen LogP contribution >= 0.6 is 0 Å². The van der Waals surface area contributed by atoms with E-state index in [1.807, 2.05) is 0 Å². The van der Waals surface area contributed by atoms with Gasteiger partial charge in [0, 0.05) is 11.8 Å². The standard InChI is InChI=1S/C8H8FNO3/c1-13-7-5(3-9)2-6(4-10-7)8(11)12/h2,4H,3H2,1H3,(H,11,12). The summed E-state index contributed by atoms with van der Waals surface area (Å²) < 4.78 is 17.0. The molecule has 0 saturated heterocycles. The molecule has 0 amide bonds. The van der Waals surface area contributed by atoms with E-state index in [1.165, 1.54) is 13.2 Å². The number of alkyl halides is 1. The second kappa shape index (κ2) is 3.84. The lowest BCUT2D eigenvalue weighted by Crippen LogP contribution is -2.01. The molecule has 0 unspecified atom stereocenters. The molecule has 0 aromatic carbocycles. The molecule has 0 aliphatic heterocycles. The lowest BCUT2D eigenvalue weighted by molar-refractivity contribution is 0.0696. The zero-order valence-electron chi connectivity index (χ0n) is 6.95. The first-order chi connectivity index (χ1) is 6.19. The van der Waals surface area contributed by atoms with E-state index in [0.29, 0.717) is 0 Å². The smallest absolute Gasteiger partial charge is 0.337 e. The summed E-state index contributed by atoms with van der Waals surface area (Å²) in [6.45, 7) is -0.794. The number of ether oxygens (including phenoxy) is 1. The highest BCUT2D eigenvalue weighted by Gasteiger charge is 2.09. The second-order valence-corrected chi connectivity index (χ2v) is 2.33. The highest BCUT2D eigenvalue weighted by molar-refractivity contribution is 5.87. The molecule has 70 valence electrons. The fourth-order valence-electron chi connectivity index (χ4n) is 0.894. The SMILES string of the molecule is COc1ncc(C(=O)O)cc1CF. The number of hydrogen-bond acceptors (Lipinski definition) is 3. The average molecular weight is 185 g/mol. The highest BCUT2D eigenvalue weighted by Crippen LogP contribution is 2.17. The van der Waals surface area contributed by atoms with E-state index in [1.54, 1.807) is 0 Å². The predicted molar refractivity (Wildman–Crippen MR) is 42.6 cm³/mol. The van der Waals surface area contributed by atoms with E-state index < -0.39 is 12.6 Å². The first-order valence-electron chi connectivity index (χ1n) is 3.51. The fraction of sp³-hybridized carbons (Fsp3) is 0.250. The molecule has 0 aliphatic rings. The lowest BCUT2D eigenvalue weighted by atomic mass is 10.2. The summed E-state index contributed by atoms with van der Waals surface area (Å²) in [6, 6.07) is 1.20. The Morgan fingerprint density at radius 1 is 1.77 bits per heavy atom. The number of nitrogens with zero attached hydrogens (tertiary/aromatic N) is 1. The van der Waals surface area contributed by atoms with Gasteiger partial charge in [-0.05, 0) is 6.07 Å². The monoisotopic (exact) mass is 185 g/mol. The van der Waals surface area contributed by atoms with Crippen LogP contribution in [-0.2, 0) is 6.67 Å². The minimum Gasteiger partial charge on any atom is -0.481 e. The third kappa shape index (κ3) is 1.93. The van der Waals surface area contributed by atoms with Gasteiger partial charge in [0.1, 0.15) is 6.67 Å². The van der Waals surface area contributed by atoms with Gasteiger partial charge >= 0.3 is 5.97 Å². The zero-order chi connectivity index (χ0) is 9.84. The first-order valence-corrected chi connectivity index (χ1v) is 3.51. The van der Waals surface area contributed by atoms with Gasteiger partial charge in [0.15, 0.2) is 0 Å². The van der Waals surface area contributed by atoms with Gasteiger partial charge in [-0.1, -0.05) is 0 Å². The molecule has 0 aliphatic carbocycles. The molecule has 0 radical (unpaired) electrons. The van der Waals surface area contributed by atoms with Crippen LogP contribution in [0.4, 0.5) is 4.39 Å². The largest absolute Gasteiger partial charge is 0.481 e. The topological polar surface area (TPSA) is 59.4 Å². The second-order valence-electron chi connectivity index (χ2n) is 2.33. The quantitative estimate of drug-likeness (QED) is 0.770. The summed E-state index contributed by atoms with van der Waals surface area (Å²) in [5.41, 5.74) is 0.0934. The summed E-state index contributed by atoms with van der Waals surface area (Å²) in [5, 5.41) is 8.57. The van der Waals surface area contributed by atoms with Gasteiger partial charge in [-0.25, -0.2) is 14.2 Å². The van der Waals surface area contributed by atoms with E-state index in [4.69, 9.17) is 9.84 Å². The Bertz CT molecular complexity index is 327. The Labute approximate surface area is 74.0 Å². The molecule has 1 heterocycles. The predicted octanol–water partition coefficient (Wildman–Crippen LogP) is 1.26. The highest BCUT2D eigenvalue weighted by atomic mass is 19.1. The Morgan fingerprint density at radius 2 is 2.46 bits per heavy atom. The van der Waals surface area contributed by atoms with Crippen LogP contribution in [0.15, 0.2) is 12.3 Å². The number of aromatic carboxylic acids is 1. The van der Waals surface area contributed by atoms with Crippen LogP contribution in [0, 0.1) is 0 Å². The number of carboxylic acid groups (broad SMARTS) is 1. The molecular weight excluding hydrogens is 177 g/mol. The number of hydrogen-bond donors (Lipinski definition) is 1. The third-order valence-corrected chi connectivity index (χ3v) is 1.51. The van der Waals surface area contributed by atoms with Crippen LogP contribution in [0.5, 0.6) is 5.88 Å². The summed E-state index contributed by atoms with van der Waals surface area (Å²) >= 11 is 0. The summed E-state index contributed by atoms with van der Waals surface area (Å²) in [5.74, 6) is -1.02. The summed E-state index contributed by atoms with van der Waals surface area (Å²) in [6.07, 6.45) is 1.13. The molecule has 13 heavy (non-hydrogen) atoms. The van der Waals surface area contributed by atoms with Crippen LogP contribution in [0.3, 0.4) is 0 Å².